The van der Waals surface area contributed by atoms with Gasteiger partial charge in [0.05, 0.1) is 5.00 Å². The van der Waals surface area contributed by atoms with Crippen molar-refractivity contribution in [3.05, 3.63) is 46.1 Å². The largest absolute Gasteiger partial charge is 0.317 e. The zero-order valence-electron chi connectivity index (χ0n) is 12.1. The molecular weight excluding hydrogens is 280 g/mol. The predicted molar refractivity (Wildman–Crippen MR) is 84.8 cm³/mol. The number of pyridine rings is 1. The van der Waals surface area contributed by atoms with Gasteiger partial charge in [-0.25, -0.2) is 0 Å². The van der Waals surface area contributed by atoms with Crippen molar-refractivity contribution in [3.8, 4) is 0 Å². The maximum atomic E-state index is 12.1. The number of carbonyl (C=O) groups excluding carboxylic acids is 1. The third-order valence-electron chi connectivity index (χ3n) is 4.63. The fourth-order valence-corrected chi connectivity index (χ4v) is 5.06. The second-order valence-electron chi connectivity index (χ2n) is 6.19. The zero-order valence-corrected chi connectivity index (χ0v) is 12.9. The van der Waals surface area contributed by atoms with Crippen LogP contribution in [0.15, 0.2) is 24.5 Å². The second-order valence-corrected chi connectivity index (χ2v) is 7.29. The maximum absolute atomic E-state index is 12.1. The van der Waals surface area contributed by atoms with Crippen molar-refractivity contribution in [2.24, 2.45) is 5.92 Å². The van der Waals surface area contributed by atoms with E-state index in [0.717, 1.165) is 29.3 Å². The molecule has 108 valence electrons. The van der Waals surface area contributed by atoms with Crippen LogP contribution >= 0.6 is 11.3 Å². The highest BCUT2D eigenvalue weighted by Gasteiger charge is 2.34. The Morgan fingerprint density at radius 2 is 2.29 bits per heavy atom. The van der Waals surface area contributed by atoms with Crippen LogP contribution in [0.4, 0.5) is 5.00 Å². The molecule has 2 atom stereocenters. The molecule has 4 rings (SSSR count). The Morgan fingerprint density at radius 3 is 3.10 bits per heavy atom. The van der Waals surface area contributed by atoms with Crippen molar-refractivity contribution in [3.63, 3.8) is 0 Å². The molecule has 2 aromatic rings. The Kier molecular flexibility index (Phi) is 3.07. The van der Waals surface area contributed by atoms with Crippen LogP contribution in [-0.2, 0) is 17.6 Å². The van der Waals surface area contributed by atoms with Crippen LogP contribution in [-0.4, -0.2) is 10.9 Å². The molecule has 0 spiro atoms. The van der Waals surface area contributed by atoms with E-state index in [1.54, 1.807) is 17.5 Å². The van der Waals surface area contributed by atoms with E-state index in [1.807, 2.05) is 12.3 Å². The normalized spacial score (nSPS) is 24.1. The molecule has 0 bridgehead atoms. The van der Waals surface area contributed by atoms with Gasteiger partial charge in [0.15, 0.2) is 0 Å². The van der Waals surface area contributed by atoms with Crippen molar-refractivity contribution < 1.29 is 4.79 Å². The summed E-state index contributed by atoms with van der Waals surface area (Å²) in [5.41, 5.74) is 4.03. The second kappa shape index (κ2) is 4.95. The van der Waals surface area contributed by atoms with E-state index < -0.39 is 0 Å². The first-order valence-electron chi connectivity index (χ1n) is 7.56. The van der Waals surface area contributed by atoms with Crippen LogP contribution in [0.2, 0.25) is 0 Å². The molecule has 1 N–H and O–H groups in total. The minimum Gasteiger partial charge on any atom is -0.317 e. The highest BCUT2D eigenvalue weighted by Crippen LogP contribution is 2.48. The van der Waals surface area contributed by atoms with Crippen LogP contribution in [0, 0.1) is 5.92 Å². The van der Waals surface area contributed by atoms with Gasteiger partial charge >= 0.3 is 0 Å². The third-order valence-corrected chi connectivity index (χ3v) is 5.82. The van der Waals surface area contributed by atoms with Gasteiger partial charge in [-0.3, -0.25) is 9.78 Å². The molecule has 4 heteroatoms. The fourth-order valence-electron chi connectivity index (χ4n) is 3.57. The van der Waals surface area contributed by atoms with Gasteiger partial charge < -0.3 is 5.32 Å². The summed E-state index contributed by atoms with van der Waals surface area (Å²) >= 11 is 1.79. The van der Waals surface area contributed by atoms with E-state index >= 15 is 0 Å². The molecule has 2 unspecified atom stereocenters. The number of aromatic nitrogens is 1. The van der Waals surface area contributed by atoms with Gasteiger partial charge in [0, 0.05) is 29.6 Å². The summed E-state index contributed by atoms with van der Waals surface area (Å²) < 4.78 is 0. The Bertz CT molecular complexity index is 692. The first kappa shape index (κ1) is 13.0. The Morgan fingerprint density at radius 1 is 1.38 bits per heavy atom. The summed E-state index contributed by atoms with van der Waals surface area (Å²) in [5.74, 6) is 1.06. The third kappa shape index (κ3) is 2.18. The molecule has 3 nitrogen and oxygen atoms in total. The summed E-state index contributed by atoms with van der Waals surface area (Å²) in [6.07, 6.45) is 7.79. The van der Waals surface area contributed by atoms with E-state index in [2.05, 4.69) is 23.3 Å². The molecule has 3 heterocycles. The van der Waals surface area contributed by atoms with Crippen LogP contribution in [0.25, 0.3) is 0 Å². The summed E-state index contributed by atoms with van der Waals surface area (Å²) in [4.78, 5) is 17.8. The first-order valence-corrected chi connectivity index (χ1v) is 8.38. The minimum atomic E-state index is 0.128. The number of anilines is 1. The van der Waals surface area contributed by atoms with E-state index in [4.69, 9.17) is 0 Å². The number of nitrogens with zero attached hydrogens (tertiary/aromatic N) is 1. The molecule has 2 aromatic heterocycles. The SMILES string of the molecule is CC1CCc2c(sc3c2C(c2cccnc2)CC(=O)N3)C1. The molecule has 1 aliphatic heterocycles. The summed E-state index contributed by atoms with van der Waals surface area (Å²) in [6, 6.07) is 4.05. The van der Waals surface area contributed by atoms with Crippen LogP contribution in [0.3, 0.4) is 0 Å². The van der Waals surface area contributed by atoms with Gasteiger partial charge in [-0.2, -0.15) is 0 Å². The number of rotatable bonds is 1. The molecule has 0 aromatic carbocycles. The molecule has 0 fully saturated rings. The topological polar surface area (TPSA) is 42.0 Å². The lowest BCUT2D eigenvalue weighted by molar-refractivity contribution is -0.116. The number of fused-ring (bicyclic) bond motifs is 3. The molecule has 1 amide bonds. The highest BCUT2D eigenvalue weighted by atomic mass is 32.1. The van der Waals surface area contributed by atoms with Gasteiger partial charge in [-0.05, 0) is 47.9 Å². The number of hydrogen-bond acceptors (Lipinski definition) is 3. The lowest BCUT2D eigenvalue weighted by atomic mass is 9.80. The molecule has 0 saturated heterocycles. The quantitative estimate of drug-likeness (QED) is 0.871. The summed E-state index contributed by atoms with van der Waals surface area (Å²) in [6.45, 7) is 2.32. The van der Waals surface area contributed by atoms with Gasteiger partial charge in [0.1, 0.15) is 0 Å². The van der Waals surface area contributed by atoms with Crippen molar-refractivity contribution in [2.45, 2.75) is 38.5 Å². The van der Waals surface area contributed by atoms with Gasteiger partial charge in [0.2, 0.25) is 5.91 Å². The van der Waals surface area contributed by atoms with E-state index in [1.165, 1.54) is 22.4 Å². The van der Waals surface area contributed by atoms with Crippen LogP contribution in [0.1, 0.15) is 47.3 Å². The van der Waals surface area contributed by atoms with E-state index in [0.29, 0.717) is 6.42 Å². The van der Waals surface area contributed by atoms with Gasteiger partial charge in [-0.15, -0.1) is 11.3 Å². The Hall–Kier alpha value is -1.68. The van der Waals surface area contributed by atoms with Crippen LogP contribution < -0.4 is 5.32 Å². The Balaban J connectivity index is 1.84. The van der Waals surface area contributed by atoms with Gasteiger partial charge in [-0.1, -0.05) is 13.0 Å². The standard InChI is InChI=1S/C17H18N2OS/c1-10-4-5-12-14(7-10)21-17-16(12)13(8-15(20)19-17)11-3-2-6-18-9-11/h2-3,6,9-10,13H,4-5,7-8H2,1H3,(H,19,20). The first-order chi connectivity index (χ1) is 10.2. The fraction of sp³-hybridized carbons (Fsp3) is 0.412. The predicted octanol–water partition coefficient (Wildman–Crippen LogP) is 3.74. The highest BCUT2D eigenvalue weighted by molar-refractivity contribution is 7.16. The maximum Gasteiger partial charge on any atom is 0.225 e. The minimum absolute atomic E-state index is 0.128. The number of nitrogens with one attached hydrogen (secondary N) is 1. The van der Waals surface area contributed by atoms with E-state index in [9.17, 15) is 4.79 Å². The van der Waals surface area contributed by atoms with Gasteiger partial charge in [0.25, 0.3) is 0 Å². The number of amides is 1. The van der Waals surface area contributed by atoms with Crippen LogP contribution in [0.5, 0.6) is 0 Å². The van der Waals surface area contributed by atoms with Crippen molar-refractivity contribution in [2.75, 3.05) is 5.32 Å². The molecule has 1 aliphatic carbocycles. The zero-order chi connectivity index (χ0) is 14.4. The average molecular weight is 298 g/mol. The molecule has 2 aliphatic rings. The molecule has 21 heavy (non-hydrogen) atoms. The summed E-state index contributed by atoms with van der Waals surface area (Å²) in [7, 11) is 0. The van der Waals surface area contributed by atoms with Crippen molar-refractivity contribution in [1.29, 1.82) is 0 Å². The van der Waals surface area contributed by atoms with E-state index in [-0.39, 0.29) is 11.8 Å². The monoisotopic (exact) mass is 298 g/mol. The lowest BCUT2D eigenvalue weighted by Crippen LogP contribution is -2.23. The lowest BCUT2D eigenvalue weighted by Gasteiger charge is -2.26. The molecular formula is C17H18N2OS. The number of thiophene rings is 1. The smallest absolute Gasteiger partial charge is 0.225 e. The van der Waals surface area contributed by atoms with Crippen molar-refractivity contribution >= 4 is 22.2 Å². The molecule has 0 radical (unpaired) electrons. The number of hydrogen-bond donors (Lipinski definition) is 1. The summed E-state index contributed by atoms with van der Waals surface area (Å²) in [5, 5.41) is 4.17. The van der Waals surface area contributed by atoms with Crippen molar-refractivity contribution in [1.82, 2.24) is 4.98 Å². The Labute approximate surface area is 128 Å². The molecule has 0 saturated carbocycles. The average Bonchev–Trinajstić information content (AvgIpc) is 2.84. The number of carbonyl (C=O) groups is 1.